The molecular weight excluding hydrogens is 513 g/mol. The predicted molar refractivity (Wildman–Crippen MR) is 150 cm³/mol. The zero-order valence-corrected chi connectivity index (χ0v) is 20.7. The average molecular weight is 540 g/mol. The van der Waals surface area contributed by atoms with Crippen LogP contribution >= 0.6 is 0 Å². The second-order valence-electron chi connectivity index (χ2n) is 8.80. The van der Waals surface area contributed by atoms with Crippen LogP contribution in [0.3, 0.4) is 0 Å². The monoisotopic (exact) mass is 539 g/mol. The molecule has 2 heterocycles. The standard InChI is InChI=1S/C30H22FN3O5.CH4/c1-18-26(29(36)34(33-18)24-4-2-3-22(15-24)30(37)38)16-25-13-14-27(39-25)20-7-9-21(10-8-20)28(35)32-17-19-5-11-23(31)12-6-19;/h2-16H,17H2,1H3,(H,32,35)(H,37,38);1H4/b26-16-;. The number of halogens is 1. The second-order valence-corrected chi connectivity index (χ2v) is 8.80. The molecule has 5 rings (SSSR count). The molecular formula is C31H26FN3O5. The van der Waals surface area contributed by atoms with E-state index in [1.165, 1.54) is 24.3 Å². The molecule has 0 fully saturated rings. The number of anilines is 1. The molecule has 0 saturated carbocycles. The zero-order chi connectivity index (χ0) is 27.5. The Kier molecular flexibility index (Phi) is 8.04. The summed E-state index contributed by atoms with van der Waals surface area (Å²) in [6, 6.07) is 22.3. The number of carboxylic acids is 1. The number of benzene rings is 3. The molecule has 1 aliphatic heterocycles. The fourth-order valence-corrected chi connectivity index (χ4v) is 4.03. The summed E-state index contributed by atoms with van der Waals surface area (Å²) in [5.41, 5.74) is 3.19. The highest BCUT2D eigenvalue weighted by molar-refractivity contribution is 6.32. The minimum absolute atomic E-state index is 0. The lowest BCUT2D eigenvalue weighted by atomic mass is 10.1. The van der Waals surface area contributed by atoms with E-state index in [1.54, 1.807) is 73.7 Å². The number of hydrogen-bond donors (Lipinski definition) is 2. The van der Waals surface area contributed by atoms with Gasteiger partial charge in [0.05, 0.1) is 22.5 Å². The second kappa shape index (κ2) is 11.6. The SMILES string of the molecule is C.CC1=NN(c2cccc(C(=O)O)c2)C(=O)/C1=C\c1ccc(-c2ccc(C(=O)NCc3ccc(F)cc3)cc2)o1. The van der Waals surface area contributed by atoms with Crippen LogP contribution in [0, 0.1) is 5.82 Å². The molecule has 3 aromatic carbocycles. The Morgan fingerprint density at radius 2 is 1.73 bits per heavy atom. The Balaban J connectivity index is 0.00000370. The summed E-state index contributed by atoms with van der Waals surface area (Å²) in [7, 11) is 0. The van der Waals surface area contributed by atoms with Crippen molar-refractivity contribution in [3.8, 4) is 11.3 Å². The molecule has 2 amide bonds. The summed E-state index contributed by atoms with van der Waals surface area (Å²) in [4.78, 5) is 36.8. The van der Waals surface area contributed by atoms with Gasteiger partial charge in [-0.2, -0.15) is 10.1 Å². The van der Waals surface area contributed by atoms with Crippen molar-refractivity contribution in [1.82, 2.24) is 5.32 Å². The highest BCUT2D eigenvalue weighted by Crippen LogP contribution is 2.28. The summed E-state index contributed by atoms with van der Waals surface area (Å²) < 4.78 is 19.0. The van der Waals surface area contributed by atoms with Crippen molar-refractivity contribution in [3.63, 3.8) is 0 Å². The van der Waals surface area contributed by atoms with Gasteiger partial charge < -0.3 is 14.8 Å². The highest BCUT2D eigenvalue weighted by Gasteiger charge is 2.29. The van der Waals surface area contributed by atoms with Crippen LogP contribution in [0.25, 0.3) is 17.4 Å². The van der Waals surface area contributed by atoms with E-state index >= 15 is 0 Å². The van der Waals surface area contributed by atoms with Crippen molar-refractivity contribution in [1.29, 1.82) is 0 Å². The molecule has 2 N–H and O–H groups in total. The molecule has 9 heteroatoms. The summed E-state index contributed by atoms with van der Waals surface area (Å²) in [5, 5.41) is 17.5. The van der Waals surface area contributed by atoms with Crippen LogP contribution in [0.5, 0.6) is 0 Å². The minimum Gasteiger partial charge on any atom is -0.478 e. The van der Waals surface area contributed by atoms with E-state index in [0.717, 1.165) is 16.1 Å². The van der Waals surface area contributed by atoms with Crippen LogP contribution in [0.2, 0.25) is 0 Å². The minimum atomic E-state index is -1.10. The first-order valence-corrected chi connectivity index (χ1v) is 12.0. The van der Waals surface area contributed by atoms with Gasteiger partial charge in [0, 0.05) is 17.7 Å². The summed E-state index contributed by atoms with van der Waals surface area (Å²) >= 11 is 0. The van der Waals surface area contributed by atoms with E-state index < -0.39 is 11.9 Å². The fraction of sp³-hybridized carbons (Fsp3) is 0.0968. The molecule has 0 bridgehead atoms. The van der Waals surface area contributed by atoms with Crippen LogP contribution in [-0.4, -0.2) is 28.6 Å². The lowest BCUT2D eigenvalue weighted by Crippen LogP contribution is -2.22. The number of carbonyl (C=O) groups is 3. The van der Waals surface area contributed by atoms with Gasteiger partial charge in [-0.15, -0.1) is 0 Å². The molecule has 0 saturated heterocycles. The highest BCUT2D eigenvalue weighted by atomic mass is 19.1. The van der Waals surface area contributed by atoms with Crippen LogP contribution in [-0.2, 0) is 11.3 Å². The Hall–Kier alpha value is -5.31. The molecule has 202 valence electrons. The maximum absolute atomic E-state index is 13.0. The smallest absolute Gasteiger partial charge is 0.335 e. The molecule has 1 aromatic heterocycles. The Labute approximate surface area is 230 Å². The van der Waals surface area contributed by atoms with Crippen molar-refractivity contribution >= 4 is 35.3 Å². The first kappa shape index (κ1) is 27.7. The van der Waals surface area contributed by atoms with Crippen molar-refractivity contribution in [3.05, 3.63) is 119 Å². The van der Waals surface area contributed by atoms with Crippen LogP contribution in [0.15, 0.2) is 100 Å². The third kappa shape index (κ3) is 5.88. The number of aromatic carboxylic acids is 1. The number of hydrazone groups is 1. The van der Waals surface area contributed by atoms with Crippen molar-refractivity contribution in [2.75, 3.05) is 5.01 Å². The van der Waals surface area contributed by atoms with Gasteiger partial charge in [-0.05, 0) is 73.2 Å². The number of nitrogens with zero attached hydrogens (tertiary/aromatic N) is 2. The topological polar surface area (TPSA) is 112 Å². The number of rotatable bonds is 7. The van der Waals surface area contributed by atoms with Gasteiger partial charge in [0.15, 0.2) is 0 Å². The van der Waals surface area contributed by atoms with Crippen molar-refractivity contribution in [2.45, 2.75) is 20.9 Å². The fourth-order valence-electron chi connectivity index (χ4n) is 4.03. The van der Waals surface area contributed by atoms with Crippen molar-refractivity contribution in [2.24, 2.45) is 5.10 Å². The molecule has 0 aliphatic carbocycles. The zero-order valence-electron chi connectivity index (χ0n) is 20.7. The van der Waals surface area contributed by atoms with E-state index in [2.05, 4.69) is 10.4 Å². The van der Waals surface area contributed by atoms with Crippen LogP contribution < -0.4 is 10.3 Å². The first-order chi connectivity index (χ1) is 18.8. The predicted octanol–water partition coefficient (Wildman–Crippen LogP) is 6.16. The van der Waals surface area contributed by atoms with Gasteiger partial charge in [0.25, 0.3) is 11.8 Å². The number of amides is 2. The molecule has 8 nitrogen and oxygen atoms in total. The van der Waals surface area contributed by atoms with Gasteiger partial charge >= 0.3 is 5.97 Å². The molecule has 1 aliphatic rings. The lowest BCUT2D eigenvalue weighted by Gasteiger charge is -2.12. The van der Waals surface area contributed by atoms with Crippen LogP contribution in [0.1, 0.15) is 46.4 Å². The van der Waals surface area contributed by atoms with E-state index in [1.807, 2.05) is 0 Å². The Bertz CT molecular complexity index is 1640. The number of carboxylic acid groups (broad SMARTS) is 1. The van der Waals surface area contributed by atoms with E-state index in [9.17, 15) is 23.9 Å². The van der Waals surface area contributed by atoms with Crippen molar-refractivity contribution < 1.29 is 28.3 Å². The third-order valence-electron chi connectivity index (χ3n) is 6.11. The van der Waals surface area contributed by atoms with E-state index in [-0.39, 0.29) is 31.3 Å². The number of carbonyl (C=O) groups excluding carboxylic acids is 2. The van der Waals surface area contributed by atoms with Gasteiger partial charge in [0.2, 0.25) is 0 Å². The molecule has 0 unspecified atom stereocenters. The quantitative estimate of drug-likeness (QED) is 0.273. The van der Waals surface area contributed by atoms with Gasteiger partial charge in [-0.1, -0.05) is 37.8 Å². The molecule has 0 spiro atoms. The number of furan rings is 1. The summed E-state index contributed by atoms with van der Waals surface area (Å²) in [6.07, 6.45) is 1.59. The Morgan fingerprint density at radius 1 is 1.00 bits per heavy atom. The normalized spacial score (nSPS) is 13.7. The molecule has 0 atom stereocenters. The van der Waals surface area contributed by atoms with E-state index in [0.29, 0.717) is 34.1 Å². The summed E-state index contributed by atoms with van der Waals surface area (Å²) in [5.74, 6) is -1.10. The average Bonchev–Trinajstić information content (AvgIpc) is 3.53. The van der Waals surface area contributed by atoms with E-state index in [4.69, 9.17) is 4.42 Å². The van der Waals surface area contributed by atoms with Crippen LogP contribution in [0.4, 0.5) is 10.1 Å². The van der Waals surface area contributed by atoms with Gasteiger partial charge in [0.1, 0.15) is 17.3 Å². The summed E-state index contributed by atoms with van der Waals surface area (Å²) in [6.45, 7) is 1.97. The van der Waals surface area contributed by atoms with Gasteiger partial charge in [-0.25, -0.2) is 9.18 Å². The number of hydrogen-bond acceptors (Lipinski definition) is 5. The molecule has 4 aromatic rings. The largest absolute Gasteiger partial charge is 0.478 e. The lowest BCUT2D eigenvalue weighted by molar-refractivity contribution is -0.114. The molecule has 0 radical (unpaired) electrons. The maximum atomic E-state index is 13.0. The number of nitrogens with one attached hydrogen (secondary N) is 1. The van der Waals surface area contributed by atoms with Gasteiger partial charge in [-0.3, -0.25) is 9.59 Å². The third-order valence-corrected chi connectivity index (χ3v) is 6.11. The Morgan fingerprint density at radius 3 is 2.42 bits per heavy atom. The maximum Gasteiger partial charge on any atom is 0.335 e. The first-order valence-electron chi connectivity index (χ1n) is 12.0. The molecule has 40 heavy (non-hydrogen) atoms.